The number of terminal acetylenes is 1. The maximum absolute atomic E-state index is 12.4. The summed E-state index contributed by atoms with van der Waals surface area (Å²) in [5.74, 6) is 2.33. The lowest BCUT2D eigenvalue weighted by Crippen LogP contribution is -2.23. The molecule has 0 aliphatic heterocycles. The highest BCUT2D eigenvalue weighted by Gasteiger charge is 2.07. The van der Waals surface area contributed by atoms with E-state index in [-0.39, 0.29) is 24.4 Å². The lowest BCUT2D eigenvalue weighted by atomic mass is 10.2. The molecule has 3 rings (SSSR count). The first-order chi connectivity index (χ1) is 11.7. The van der Waals surface area contributed by atoms with Crippen LogP contribution in [-0.4, -0.2) is 15.5 Å². The van der Waals surface area contributed by atoms with Gasteiger partial charge in [-0.05, 0) is 30.3 Å². The Kier molecular flexibility index (Phi) is 4.39. The average molecular weight is 317 g/mol. The van der Waals surface area contributed by atoms with Crippen LogP contribution < -0.4 is 10.9 Å². The van der Waals surface area contributed by atoms with Crippen LogP contribution in [0.15, 0.2) is 59.7 Å². The van der Waals surface area contributed by atoms with Gasteiger partial charge >= 0.3 is 0 Å². The minimum absolute atomic E-state index is 0.150. The molecule has 1 heterocycles. The topological polar surface area (TPSA) is 64.0 Å². The second-order valence-corrected chi connectivity index (χ2v) is 5.28. The van der Waals surface area contributed by atoms with Crippen molar-refractivity contribution in [2.75, 3.05) is 5.32 Å². The predicted molar refractivity (Wildman–Crippen MR) is 93.6 cm³/mol. The quantitative estimate of drug-likeness (QED) is 0.752. The number of carbonyl (C=O) groups is 1. The van der Waals surface area contributed by atoms with Crippen molar-refractivity contribution in [2.24, 2.45) is 0 Å². The van der Waals surface area contributed by atoms with E-state index >= 15 is 0 Å². The van der Waals surface area contributed by atoms with E-state index in [2.05, 4.69) is 16.2 Å². The smallest absolute Gasteiger partial charge is 0.261 e. The monoisotopic (exact) mass is 317 g/mol. The number of carbonyl (C=O) groups excluding carboxylic acids is 1. The zero-order valence-electron chi connectivity index (χ0n) is 12.9. The summed E-state index contributed by atoms with van der Waals surface area (Å²) < 4.78 is 1.44. The Balaban J connectivity index is 1.69. The van der Waals surface area contributed by atoms with Gasteiger partial charge in [0.15, 0.2) is 0 Å². The number of para-hydroxylation sites is 1. The summed E-state index contributed by atoms with van der Waals surface area (Å²) >= 11 is 0. The second-order valence-electron chi connectivity index (χ2n) is 5.28. The Bertz CT molecular complexity index is 999. The highest BCUT2D eigenvalue weighted by molar-refractivity contribution is 5.90. The number of amides is 1. The molecule has 5 nitrogen and oxygen atoms in total. The van der Waals surface area contributed by atoms with Crippen molar-refractivity contribution in [3.8, 4) is 12.3 Å². The molecule has 1 aromatic heterocycles. The van der Waals surface area contributed by atoms with Crippen LogP contribution in [0.25, 0.3) is 10.9 Å². The van der Waals surface area contributed by atoms with E-state index in [1.54, 1.807) is 42.5 Å². The largest absolute Gasteiger partial charge is 0.326 e. The molecule has 1 N–H and O–H groups in total. The second kappa shape index (κ2) is 6.80. The lowest BCUT2D eigenvalue weighted by molar-refractivity contribution is -0.116. The first-order valence-corrected chi connectivity index (χ1v) is 7.48. The normalized spacial score (nSPS) is 10.3. The van der Waals surface area contributed by atoms with Crippen molar-refractivity contribution in [3.05, 3.63) is 70.8 Å². The fraction of sp³-hybridized carbons (Fsp3) is 0.105. The number of hydrogen-bond acceptors (Lipinski definition) is 3. The van der Waals surface area contributed by atoms with Crippen molar-refractivity contribution in [1.29, 1.82) is 0 Å². The van der Waals surface area contributed by atoms with E-state index in [0.29, 0.717) is 22.2 Å². The highest BCUT2D eigenvalue weighted by atomic mass is 16.1. The van der Waals surface area contributed by atoms with Crippen molar-refractivity contribution in [2.45, 2.75) is 13.0 Å². The molecular weight excluding hydrogens is 302 g/mol. The minimum atomic E-state index is -0.191. The van der Waals surface area contributed by atoms with Crippen LogP contribution in [-0.2, 0) is 11.3 Å². The number of benzene rings is 2. The van der Waals surface area contributed by atoms with Crippen LogP contribution in [0.3, 0.4) is 0 Å². The molecule has 0 spiro atoms. The number of aryl methyl sites for hydroxylation is 1. The molecule has 0 fully saturated rings. The molecule has 0 unspecified atom stereocenters. The third-order valence-corrected chi connectivity index (χ3v) is 3.62. The molecule has 2 aromatic carbocycles. The third kappa shape index (κ3) is 3.33. The minimum Gasteiger partial charge on any atom is -0.326 e. The number of aromatic nitrogens is 2. The fourth-order valence-corrected chi connectivity index (χ4v) is 2.40. The van der Waals surface area contributed by atoms with Gasteiger partial charge in [-0.1, -0.05) is 24.1 Å². The fourth-order valence-electron chi connectivity index (χ4n) is 2.40. The number of hydrogen-bond donors (Lipinski definition) is 1. The Labute approximate surface area is 139 Å². The molecule has 24 heavy (non-hydrogen) atoms. The summed E-state index contributed by atoms with van der Waals surface area (Å²) in [6.45, 7) is 0.261. The molecule has 0 radical (unpaired) electrons. The molecule has 3 aromatic rings. The van der Waals surface area contributed by atoms with E-state index in [1.165, 1.54) is 10.9 Å². The number of rotatable bonds is 4. The highest BCUT2D eigenvalue weighted by Crippen LogP contribution is 2.10. The predicted octanol–water partition coefficient (Wildman–Crippen LogP) is 2.41. The van der Waals surface area contributed by atoms with Crippen molar-refractivity contribution >= 4 is 22.5 Å². The molecule has 5 heteroatoms. The standard InChI is InChI=1S/C19H15N3O2/c1-2-14-6-5-7-15(12-14)21-18(23)10-11-22-13-20-17-9-4-3-8-16(17)19(22)24/h1,3-9,12-13H,10-11H2,(H,21,23). The van der Waals surface area contributed by atoms with Crippen LogP contribution in [0, 0.1) is 12.3 Å². The number of anilines is 1. The summed E-state index contributed by atoms with van der Waals surface area (Å²) in [4.78, 5) is 28.6. The molecular formula is C19H15N3O2. The van der Waals surface area contributed by atoms with Gasteiger partial charge in [-0.3, -0.25) is 14.2 Å². The van der Waals surface area contributed by atoms with E-state index in [0.717, 1.165) is 0 Å². The molecule has 0 saturated carbocycles. The summed E-state index contributed by atoms with van der Waals surface area (Å²) in [5.41, 5.74) is 1.83. The van der Waals surface area contributed by atoms with Crippen molar-refractivity contribution in [3.63, 3.8) is 0 Å². The first-order valence-electron chi connectivity index (χ1n) is 7.48. The molecule has 0 bridgehead atoms. The summed E-state index contributed by atoms with van der Waals surface area (Å²) in [5, 5.41) is 3.32. The van der Waals surface area contributed by atoms with Gasteiger partial charge in [-0.2, -0.15) is 0 Å². The zero-order chi connectivity index (χ0) is 16.9. The Morgan fingerprint density at radius 2 is 2.04 bits per heavy atom. The van der Waals surface area contributed by atoms with Crippen LogP contribution in [0.5, 0.6) is 0 Å². The number of nitrogens with zero attached hydrogens (tertiary/aromatic N) is 2. The van der Waals surface area contributed by atoms with Crippen LogP contribution in [0.4, 0.5) is 5.69 Å². The molecule has 0 atom stereocenters. The molecule has 118 valence electrons. The van der Waals surface area contributed by atoms with Crippen molar-refractivity contribution in [1.82, 2.24) is 9.55 Å². The van der Waals surface area contributed by atoms with Gasteiger partial charge in [-0.25, -0.2) is 4.98 Å². The first kappa shape index (κ1) is 15.5. The Morgan fingerprint density at radius 1 is 1.21 bits per heavy atom. The molecule has 0 aliphatic carbocycles. The van der Waals surface area contributed by atoms with Gasteiger partial charge < -0.3 is 5.32 Å². The summed E-state index contributed by atoms with van der Waals surface area (Å²) in [6, 6.07) is 14.2. The van der Waals surface area contributed by atoms with E-state index in [4.69, 9.17) is 6.42 Å². The van der Waals surface area contributed by atoms with Crippen LogP contribution in [0.1, 0.15) is 12.0 Å². The van der Waals surface area contributed by atoms with Gasteiger partial charge in [0.05, 0.1) is 17.2 Å². The van der Waals surface area contributed by atoms with Crippen LogP contribution in [0.2, 0.25) is 0 Å². The van der Waals surface area contributed by atoms with Crippen LogP contribution >= 0.6 is 0 Å². The summed E-state index contributed by atoms with van der Waals surface area (Å²) in [6.07, 6.45) is 6.97. The van der Waals surface area contributed by atoms with E-state index in [9.17, 15) is 9.59 Å². The number of fused-ring (bicyclic) bond motifs is 1. The van der Waals surface area contributed by atoms with Crippen molar-refractivity contribution < 1.29 is 4.79 Å². The lowest BCUT2D eigenvalue weighted by Gasteiger charge is -2.08. The molecule has 0 aliphatic rings. The number of nitrogens with one attached hydrogen (secondary N) is 1. The van der Waals surface area contributed by atoms with E-state index < -0.39 is 0 Å². The van der Waals surface area contributed by atoms with Gasteiger partial charge in [-0.15, -0.1) is 6.42 Å². The SMILES string of the molecule is C#Cc1cccc(NC(=O)CCn2cnc3ccccc3c2=O)c1. The Hall–Kier alpha value is -3.39. The van der Waals surface area contributed by atoms with Gasteiger partial charge in [0, 0.05) is 24.2 Å². The maximum atomic E-state index is 12.4. The maximum Gasteiger partial charge on any atom is 0.261 e. The summed E-state index contributed by atoms with van der Waals surface area (Å²) in [7, 11) is 0. The molecule has 0 saturated heterocycles. The van der Waals surface area contributed by atoms with Gasteiger partial charge in [0.25, 0.3) is 5.56 Å². The van der Waals surface area contributed by atoms with E-state index in [1.807, 2.05) is 6.07 Å². The van der Waals surface area contributed by atoms with Gasteiger partial charge in [0.2, 0.25) is 5.91 Å². The van der Waals surface area contributed by atoms with Gasteiger partial charge in [0.1, 0.15) is 0 Å². The average Bonchev–Trinajstić information content (AvgIpc) is 2.61. The molecule has 1 amide bonds. The Morgan fingerprint density at radius 3 is 2.88 bits per heavy atom. The third-order valence-electron chi connectivity index (χ3n) is 3.62. The zero-order valence-corrected chi connectivity index (χ0v) is 12.9.